The van der Waals surface area contributed by atoms with Gasteiger partial charge in [-0.3, -0.25) is 4.79 Å². The topological polar surface area (TPSA) is 83.7 Å². The summed E-state index contributed by atoms with van der Waals surface area (Å²) in [5, 5.41) is 5.24. The van der Waals surface area contributed by atoms with Gasteiger partial charge in [0, 0.05) is 32.7 Å². The molecule has 2 N–H and O–H groups in total. The highest BCUT2D eigenvalue weighted by molar-refractivity contribution is 7.89. The lowest BCUT2D eigenvalue weighted by molar-refractivity contribution is 0.0792. The molecule has 20 heavy (non-hydrogen) atoms. The molecule has 7 heteroatoms. The Labute approximate surface area is 119 Å². The predicted molar refractivity (Wildman–Crippen MR) is 77.3 cm³/mol. The van der Waals surface area contributed by atoms with Gasteiger partial charge in [-0.05, 0) is 31.0 Å². The number of carbonyl (C=O) groups is 1. The van der Waals surface area contributed by atoms with Crippen LogP contribution in [-0.4, -0.2) is 46.4 Å². The molecule has 110 valence electrons. The molecule has 0 atom stereocenters. The molecule has 0 radical (unpaired) electrons. The summed E-state index contributed by atoms with van der Waals surface area (Å²) >= 11 is 0. The zero-order chi connectivity index (χ0) is 14.9. The van der Waals surface area contributed by atoms with Gasteiger partial charge in [-0.1, -0.05) is 0 Å². The van der Waals surface area contributed by atoms with Crippen molar-refractivity contribution in [2.45, 2.75) is 17.7 Å². The van der Waals surface area contributed by atoms with E-state index in [1.54, 1.807) is 36.0 Å². The van der Waals surface area contributed by atoms with E-state index in [9.17, 15) is 13.2 Å². The number of amides is 1. The van der Waals surface area contributed by atoms with E-state index in [-0.39, 0.29) is 10.8 Å². The number of nitrogens with zero attached hydrogens (tertiary/aromatic N) is 2. The van der Waals surface area contributed by atoms with Crippen molar-refractivity contribution < 1.29 is 13.2 Å². The fraction of sp³-hybridized carbons (Fsp3) is 0.462. The summed E-state index contributed by atoms with van der Waals surface area (Å²) < 4.78 is 23.4. The fourth-order valence-electron chi connectivity index (χ4n) is 2.35. The summed E-state index contributed by atoms with van der Waals surface area (Å²) in [5.41, 5.74) is 0.840. The fourth-order valence-corrected chi connectivity index (χ4v) is 3.18. The van der Waals surface area contributed by atoms with E-state index in [1.807, 2.05) is 0 Å². The zero-order valence-corrected chi connectivity index (χ0v) is 12.5. The van der Waals surface area contributed by atoms with Crippen LogP contribution in [0.3, 0.4) is 0 Å². The van der Waals surface area contributed by atoms with Crippen LogP contribution in [0.15, 0.2) is 23.1 Å². The molecule has 1 aliphatic heterocycles. The minimum atomic E-state index is -3.87. The number of primary sulfonamides is 1. The van der Waals surface area contributed by atoms with Gasteiger partial charge in [-0.25, -0.2) is 13.6 Å². The van der Waals surface area contributed by atoms with E-state index in [2.05, 4.69) is 0 Å². The molecule has 6 nitrogen and oxygen atoms in total. The van der Waals surface area contributed by atoms with Gasteiger partial charge in [0.15, 0.2) is 0 Å². The lowest BCUT2D eigenvalue weighted by atomic mass is 10.1. The molecular weight excluding hydrogens is 278 g/mol. The number of nitrogens with two attached hydrogens (primary N) is 1. The smallest absolute Gasteiger partial charge is 0.253 e. The number of carbonyl (C=O) groups excluding carboxylic acids is 1. The second-order valence-electron chi connectivity index (χ2n) is 5.12. The number of hydrogen-bond donors (Lipinski definition) is 1. The van der Waals surface area contributed by atoms with Crippen LogP contribution in [0.2, 0.25) is 0 Å². The maximum absolute atomic E-state index is 12.3. The van der Waals surface area contributed by atoms with Crippen molar-refractivity contribution >= 4 is 21.6 Å². The zero-order valence-electron chi connectivity index (χ0n) is 11.7. The van der Waals surface area contributed by atoms with Crippen LogP contribution in [0.25, 0.3) is 0 Å². The highest BCUT2D eigenvalue weighted by Crippen LogP contribution is 2.25. The normalized spacial score (nSPS) is 15.4. The van der Waals surface area contributed by atoms with Crippen molar-refractivity contribution in [2.24, 2.45) is 5.14 Å². The highest BCUT2D eigenvalue weighted by Gasteiger charge is 2.23. The predicted octanol–water partition coefficient (Wildman–Crippen LogP) is 0.636. The molecule has 1 aromatic rings. The first-order valence-corrected chi connectivity index (χ1v) is 7.99. The van der Waals surface area contributed by atoms with Crippen molar-refractivity contribution in [3.05, 3.63) is 23.8 Å². The standard InChI is InChI=1S/C13H19N3O3S/c1-15(2)11-6-5-10(9-12(11)20(14,18)19)13(17)16-7-3-4-8-16/h5-6,9H,3-4,7-8H2,1-2H3,(H2,14,18,19). The molecule has 2 rings (SSSR count). The first-order valence-electron chi connectivity index (χ1n) is 6.44. The quantitative estimate of drug-likeness (QED) is 0.887. The maximum Gasteiger partial charge on any atom is 0.253 e. The Kier molecular flexibility index (Phi) is 4.01. The van der Waals surface area contributed by atoms with Crippen molar-refractivity contribution in [1.82, 2.24) is 4.90 Å². The molecule has 0 aromatic heterocycles. The van der Waals surface area contributed by atoms with Crippen LogP contribution < -0.4 is 10.0 Å². The molecule has 1 aromatic carbocycles. The number of sulfonamides is 1. The summed E-state index contributed by atoms with van der Waals surface area (Å²) in [4.78, 5) is 15.7. The number of rotatable bonds is 3. The summed E-state index contributed by atoms with van der Waals surface area (Å²) in [6, 6.07) is 4.62. The first-order chi connectivity index (χ1) is 9.30. The van der Waals surface area contributed by atoms with Crippen LogP contribution in [0.1, 0.15) is 23.2 Å². The molecule has 1 heterocycles. The number of likely N-dealkylation sites (tertiary alicyclic amines) is 1. The average molecular weight is 297 g/mol. The molecule has 0 saturated carbocycles. The van der Waals surface area contributed by atoms with Gasteiger partial charge in [0.1, 0.15) is 4.90 Å². The largest absolute Gasteiger partial charge is 0.377 e. The maximum atomic E-state index is 12.3. The number of anilines is 1. The van der Waals surface area contributed by atoms with E-state index < -0.39 is 10.0 Å². The van der Waals surface area contributed by atoms with E-state index in [4.69, 9.17) is 5.14 Å². The lowest BCUT2D eigenvalue weighted by Gasteiger charge is -2.19. The van der Waals surface area contributed by atoms with Crippen LogP contribution in [0, 0.1) is 0 Å². The third-order valence-electron chi connectivity index (χ3n) is 3.39. The molecule has 0 aliphatic carbocycles. The highest BCUT2D eigenvalue weighted by atomic mass is 32.2. The molecule has 0 unspecified atom stereocenters. The van der Waals surface area contributed by atoms with Crippen molar-refractivity contribution in [1.29, 1.82) is 0 Å². The molecule has 1 aliphatic rings. The summed E-state index contributed by atoms with van der Waals surface area (Å²) in [7, 11) is -0.414. The number of hydrogen-bond acceptors (Lipinski definition) is 4. The summed E-state index contributed by atoms with van der Waals surface area (Å²) in [6.07, 6.45) is 1.98. The van der Waals surface area contributed by atoms with Gasteiger partial charge >= 0.3 is 0 Å². The van der Waals surface area contributed by atoms with Gasteiger partial charge in [-0.2, -0.15) is 0 Å². The van der Waals surface area contributed by atoms with Crippen molar-refractivity contribution in [3.8, 4) is 0 Å². The second-order valence-corrected chi connectivity index (χ2v) is 6.65. The lowest BCUT2D eigenvalue weighted by Crippen LogP contribution is -2.28. The number of benzene rings is 1. The Morgan fingerprint density at radius 2 is 1.85 bits per heavy atom. The Hall–Kier alpha value is -1.60. The van der Waals surface area contributed by atoms with Gasteiger partial charge < -0.3 is 9.80 Å². The third kappa shape index (κ3) is 2.94. The average Bonchev–Trinajstić information content (AvgIpc) is 2.89. The van der Waals surface area contributed by atoms with Gasteiger partial charge in [0.2, 0.25) is 10.0 Å². The minimum absolute atomic E-state index is 0.0208. The summed E-state index contributed by atoms with van der Waals surface area (Å²) in [5.74, 6) is -0.141. The third-order valence-corrected chi connectivity index (χ3v) is 4.33. The second kappa shape index (κ2) is 5.41. The Morgan fingerprint density at radius 3 is 2.35 bits per heavy atom. The molecule has 1 amide bonds. The van der Waals surface area contributed by atoms with E-state index in [0.29, 0.717) is 11.3 Å². The van der Waals surface area contributed by atoms with Crippen molar-refractivity contribution in [3.63, 3.8) is 0 Å². The monoisotopic (exact) mass is 297 g/mol. The first kappa shape index (κ1) is 14.8. The van der Waals surface area contributed by atoms with Gasteiger partial charge in [0.25, 0.3) is 5.91 Å². The SMILES string of the molecule is CN(C)c1ccc(C(=O)N2CCCC2)cc1S(N)(=O)=O. The van der Waals surface area contributed by atoms with Crippen LogP contribution >= 0.6 is 0 Å². The van der Waals surface area contributed by atoms with Gasteiger partial charge in [-0.15, -0.1) is 0 Å². The summed E-state index contributed by atoms with van der Waals surface area (Å²) in [6.45, 7) is 1.44. The Morgan fingerprint density at radius 1 is 1.25 bits per heavy atom. The van der Waals surface area contributed by atoms with Gasteiger partial charge in [0.05, 0.1) is 5.69 Å². The van der Waals surface area contributed by atoms with Crippen LogP contribution in [0.5, 0.6) is 0 Å². The van der Waals surface area contributed by atoms with Crippen LogP contribution in [0.4, 0.5) is 5.69 Å². The Balaban J connectivity index is 2.44. The molecule has 1 saturated heterocycles. The molecular formula is C13H19N3O3S. The van der Waals surface area contributed by atoms with Crippen LogP contribution in [-0.2, 0) is 10.0 Å². The molecule has 1 fully saturated rings. The van der Waals surface area contributed by atoms with E-state index in [1.165, 1.54) is 6.07 Å². The van der Waals surface area contributed by atoms with E-state index in [0.717, 1.165) is 25.9 Å². The molecule has 0 spiro atoms. The minimum Gasteiger partial charge on any atom is -0.377 e. The Bertz CT molecular complexity index is 620. The van der Waals surface area contributed by atoms with E-state index >= 15 is 0 Å². The van der Waals surface area contributed by atoms with Crippen molar-refractivity contribution in [2.75, 3.05) is 32.1 Å². The molecule has 0 bridgehead atoms.